The monoisotopic (exact) mass is 290 g/mol. The van der Waals surface area contributed by atoms with Gasteiger partial charge in [-0.3, -0.25) is 0 Å². The molecular weight excluding hydrogens is 263 g/mol. The molecule has 0 fully saturated rings. The normalized spacial score (nSPS) is 11.0. The molecule has 0 atom stereocenters. The number of allylic oxidation sites excluding steroid dienone is 1. The summed E-state index contributed by atoms with van der Waals surface area (Å²) in [5.74, 6) is 2.31. The molecule has 0 aliphatic rings. The van der Waals surface area contributed by atoms with Crippen molar-refractivity contribution in [3.8, 4) is 5.75 Å². The van der Waals surface area contributed by atoms with Crippen molar-refractivity contribution >= 4 is 7.12 Å². The number of hydrogen-bond donors (Lipinski definition) is 2. The Morgan fingerprint density at radius 2 is 1.76 bits per heavy atom. The molecule has 0 aliphatic carbocycles. The second kappa shape index (κ2) is 11.4. The molecule has 4 heteroatoms. The molecule has 0 spiro atoms. The van der Waals surface area contributed by atoms with Gasteiger partial charge in [-0.05, 0) is 37.0 Å². The van der Waals surface area contributed by atoms with Crippen LogP contribution < -0.4 is 4.74 Å². The first kappa shape index (κ1) is 17.8. The van der Waals surface area contributed by atoms with Crippen LogP contribution in [0.25, 0.3) is 0 Å². The van der Waals surface area contributed by atoms with E-state index in [0.717, 1.165) is 31.6 Å². The number of hydrogen-bond acceptors (Lipinski definition) is 3. The molecule has 116 valence electrons. The van der Waals surface area contributed by atoms with Crippen molar-refractivity contribution in [2.75, 3.05) is 6.61 Å². The summed E-state index contributed by atoms with van der Waals surface area (Å²) in [5, 5.41) is 17.4. The third kappa shape index (κ3) is 9.32. The Hall–Kier alpha value is -1.26. The van der Waals surface area contributed by atoms with Gasteiger partial charge in [0.15, 0.2) is 0 Å². The molecule has 0 unspecified atom stereocenters. The Bertz CT molecular complexity index is 388. The fraction of sp³-hybridized carbons (Fsp3) is 0.529. The Labute approximate surface area is 128 Å². The highest BCUT2D eigenvalue weighted by Crippen LogP contribution is 2.14. The molecule has 0 aliphatic heterocycles. The zero-order valence-electron chi connectivity index (χ0n) is 13.0. The highest BCUT2D eigenvalue weighted by molar-refractivity contribution is 6.47. The summed E-state index contributed by atoms with van der Waals surface area (Å²) in [6.07, 6.45) is 9.73. The summed E-state index contributed by atoms with van der Waals surface area (Å²) in [4.78, 5) is 0. The lowest BCUT2D eigenvalue weighted by atomic mass is 9.91. The van der Waals surface area contributed by atoms with E-state index >= 15 is 0 Å². The van der Waals surface area contributed by atoms with E-state index in [1.54, 1.807) is 6.08 Å². The minimum Gasteiger partial charge on any atom is -0.494 e. The summed E-state index contributed by atoms with van der Waals surface area (Å²) in [6, 6.07) is 8.14. The van der Waals surface area contributed by atoms with E-state index in [-0.39, 0.29) is 0 Å². The second-order valence-corrected chi connectivity index (χ2v) is 5.29. The van der Waals surface area contributed by atoms with Gasteiger partial charge in [0.25, 0.3) is 0 Å². The van der Waals surface area contributed by atoms with Gasteiger partial charge >= 0.3 is 7.12 Å². The molecule has 1 rings (SSSR count). The predicted octanol–water partition coefficient (Wildman–Crippen LogP) is 3.54. The lowest BCUT2D eigenvalue weighted by Gasteiger charge is -2.07. The summed E-state index contributed by atoms with van der Waals surface area (Å²) in [7, 11) is -1.35. The SMILES string of the molecule is CCCCCCCOc1ccc(CC/C=C/B(O)O)cc1. The first-order valence-electron chi connectivity index (χ1n) is 7.97. The molecule has 0 heterocycles. The highest BCUT2D eigenvalue weighted by Gasteiger charge is 1.98. The molecule has 0 aromatic heterocycles. The van der Waals surface area contributed by atoms with E-state index < -0.39 is 7.12 Å². The van der Waals surface area contributed by atoms with Crippen molar-refractivity contribution in [2.24, 2.45) is 0 Å². The minimum absolute atomic E-state index is 0.792. The minimum atomic E-state index is -1.35. The van der Waals surface area contributed by atoms with E-state index in [0.29, 0.717) is 0 Å². The van der Waals surface area contributed by atoms with Crippen molar-refractivity contribution in [3.05, 3.63) is 41.9 Å². The second-order valence-electron chi connectivity index (χ2n) is 5.29. The van der Waals surface area contributed by atoms with Crippen LogP contribution in [0.4, 0.5) is 0 Å². The molecule has 3 nitrogen and oxygen atoms in total. The zero-order valence-corrected chi connectivity index (χ0v) is 13.0. The fourth-order valence-electron chi connectivity index (χ4n) is 2.12. The number of aryl methyl sites for hydroxylation is 1. The molecule has 0 radical (unpaired) electrons. The van der Waals surface area contributed by atoms with Gasteiger partial charge in [0, 0.05) is 0 Å². The van der Waals surface area contributed by atoms with E-state index in [4.69, 9.17) is 14.8 Å². The van der Waals surface area contributed by atoms with Crippen LogP contribution in [-0.4, -0.2) is 23.8 Å². The van der Waals surface area contributed by atoms with Crippen LogP contribution >= 0.6 is 0 Å². The van der Waals surface area contributed by atoms with Gasteiger partial charge in [0.2, 0.25) is 0 Å². The van der Waals surface area contributed by atoms with Gasteiger partial charge in [0.05, 0.1) is 6.61 Å². The molecule has 2 N–H and O–H groups in total. The Kier molecular flexibility index (Phi) is 9.67. The van der Waals surface area contributed by atoms with E-state index in [1.165, 1.54) is 37.2 Å². The summed E-state index contributed by atoms with van der Waals surface area (Å²) < 4.78 is 5.72. The first-order valence-corrected chi connectivity index (χ1v) is 7.97. The standard InChI is InChI=1S/C17H27BO3/c1-2-3-4-5-8-15-21-17-12-10-16(11-13-17)9-6-7-14-18(19)20/h7,10-14,19-20H,2-6,8-9,15H2,1H3/b14-7+. The maximum absolute atomic E-state index is 8.69. The third-order valence-electron chi connectivity index (χ3n) is 3.35. The lowest BCUT2D eigenvalue weighted by Crippen LogP contribution is -2.05. The van der Waals surface area contributed by atoms with Crippen LogP contribution in [-0.2, 0) is 6.42 Å². The van der Waals surface area contributed by atoms with Crippen LogP contribution in [0.1, 0.15) is 51.0 Å². The quantitative estimate of drug-likeness (QED) is 0.484. The van der Waals surface area contributed by atoms with Gasteiger partial charge in [0.1, 0.15) is 5.75 Å². The average molecular weight is 290 g/mol. The van der Waals surface area contributed by atoms with E-state index in [2.05, 4.69) is 19.1 Å². The van der Waals surface area contributed by atoms with Gasteiger partial charge in [-0.25, -0.2) is 0 Å². The van der Waals surface area contributed by atoms with Gasteiger partial charge in [-0.2, -0.15) is 0 Å². The lowest BCUT2D eigenvalue weighted by molar-refractivity contribution is 0.304. The first-order chi connectivity index (χ1) is 10.2. The zero-order chi connectivity index (χ0) is 15.3. The molecule has 0 amide bonds. The molecule has 0 saturated heterocycles. The average Bonchev–Trinajstić information content (AvgIpc) is 2.48. The summed E-state index contributed by atoms with van der Waals surface area (Å²) in [5.41, 5.74) is 1.22. The Balaban J connectivity index is 2.18. The van der Waals surface area contributed by atoms with Gasteiger partial charge in [-0.15, -0.1) is 0 Å². The molecule has 0 bridgehead atoms. The van der Waals surface area contributed by atoms with Crippen molar-refractivity contribution < 1.29 is 14.8 Å². The molecule has 1 aromatic carbocycles. The summed E-state index contributed by atoms with van der Waals surface area (Å²) in [6.45, 7) is 3.01. The fourth-order valence-corrected chi connectivity index (χ4v) is 2.12. The van der Waals surface area contributed by atoms with Crippen LogP contribution in [0, 0.1) is 0 Å². The number of unbranched alkanes of at least 4 members (excludes halogenated alkanes) is 4. The smallest absolute Gasteiger partial charge is 0.480 e. The topological polar surface area (TPSA) is 49.7 Å². The van der Waals surface area contributed by atoms with Crippen molar-refractivity contribution in [2.45, 2.75) is 51.9 Å². The molecule has 21 heavy (non-hydrogen) atoms. The van der Waals surface area contributed by atoms with E-state index in [1.807, 2.05) is 12.1 Å². The van der Waals surface area contributed by atoms with Crippen LogP contribution in [0.5, 0.6) is 5.75 Å². The van der Waals surface area contributed by atoms with Crippen molar-refractivity contribution in [1.29, 1.82) is 0 Å². The van der Waals surface area contributed by atoms with Crippen LogP contribution in [0.2, 0.25) is 0 Å². The van der Waals surface area contributed by atoms with E-state index in [9.17, 15) is 0 Å². The third-order valence-corrected chi connectivity index (χ3v) is 3.35. The molecule has 1 aromatic rings. The van der Waals surface area contributed by atoms with Crippen LogP contribution in [0.3, 0.4) is 0 Å². The number of ether oxygens (including phenoxy) is 1. The Morgan fingerprint density at radius 1 is 1.05 bits per heavy atom. The number of benzene rings is 1. The summed E-state index contributed by atoms with van der Waals surface area (Å²) >= 11 is 0. The van der Waals surface area contributed by atoms with Gasteiger partial charge < -0.3 is 14.8 Å². The van der Waals surface area contributed by atoms with Crippen molar-refractivity contribution in [3.63, 3.8) is 0 Å². The van der Waals surface area contributed by atoms with Crippen molar-refractivity contribution in [1.82, 2.24) is 0 Å². The Morgan fingerprint density at radius 3 is 2.43 bits per heavy atom. The highest BCUT2D eigenvalue weighted by atomic mass is 16.5. The molecule has 0 saturated carbocycles. The number of rotatable bonds is 11. The maximum atomic E-state index is 8.69. The largest absolute Gasteiger partial charge is 0.494 e. The van der Waals surface area contributed by atoms with Gasteiger partial charge in [-0.1, -0.05) is 56.8 Å². The molecular formula is C17H27BO3. The van der Waals surface area contributed by atoms with Crippen LogP contribution in [0.15, 0.2) is 36.3 Å². The predicted molar refractivity (Wildman–Crippen MR) is 88.3 cm³/mol. The maximum Gasteiger partial charge on any atom is 0.480 e.